The zero-order valence-corrected chi connectivity index (χ0v) is 13.8. The Morgan fingerprint density at radius 3 is 1.87 bits per heavy atom. The molecule has 1 amide bonds. The molecule has 0 heterocycles. The van der Waals surface area contributed by atoms with E-state index in [-0.39, 0.29) is 5.91 Å². The Bertz CT molecular complexity index is 643. The zero-order valence-electron chi connectivity index (χ0n) is 13.8. The third kappa shape index (κ3) is 3.98. The minimum atomic E-state index is -0.618. The van der Waals surface area contributed by atoms with Crippen LogP contribution in [0.15, 0.2) is 85.0 Å². The van der Waals surface area contributed by atoms with E-state index in [2.05, 4.69) is 11.9 Å². The second-order valence-electron chi connectivity index (χ2n) is 5.84. The van der Waals surface area contributed by atoms with Gasteiger partial charge in [0.2, 0.25) is 5.91 Å². The molecule has 1 N–H and O–H groups in total. The van der Waals surface area contributed by atoms with Gasteiger partial charge < -0.3 is 5.32 Å². The Morgan fingerprint density at radius 2 is 1.48 bits per heavy atom. The summed E-state index contributed by atoms with van der Waals surface area (Å²) in [5.41, 5.74) is 2.44. The van der Waals surface area contributed by atoms with E-state index in [4.69, 9.17) is 0 Å². The minimum absolute atomic E-state index is 0.0976. The van der Waals surface area contributed by atoms with E-state index in [1.165, 1.54) is 0 Å². The normalized spacial score (nSPS) is 10.7. The van der Waals surface area contributed by atoms with E-state index >= 15 is 0 Å². The molecule has 2 aromatic carbocycles. The van der Waals surface area contributed by atoms with Crippen molar-refractivity contribution in [2.24, 2.45) is 0 Å². The Labute approximate surface area is 138 Å². The highest BCUT2D eigenvalue weighted by Gasteiger charge is 2.34. The number of hydrogen-bond donors (Lipinski definition) is 1. The van der Waals surface area contributed by atoms with Gasteiger partial charge in [-0.2, -0.15) is 0 Å². The summed E-state index contributed by atoms with van der Waals surface area (Å²) in [4.78, 5) is 12.5. The number of hydrogen-bond acceptors (Lipinski definition) is 1. The molecule has 0 unspecified atom stereocenters. The van der Waals surface area contributed by atoms with Crippen molar-refractivity contribution in [3.05, 3.63) is 96.1 Å². The summed E-state index contributed by atoms with van der Waals surface area (Å²) in [7, 11) is 0. The van der Waals surface area contributed by atoms with Gasteiger partial charge in [0, 0.05) is 6.08 Å². The average Bonchev–Trinajstić information content (AvgIpc) is 2.55. The number of nitrogens with one attached hydrogen (secondary N) is 1. The van der Waals surface area contributed by atoms with E-state index in [1.54, 1.807) is 6.08 Å². The molecule has 0 fully saturated rings. The fraction of sp³-hybridized carbons (Fsp3) is 0.190. The first kappa shape index (κ1) is 16.8. The lowest BCUT2D eigenvalue weighted by atomic mass is 9.80. The fourth-order valence-corrected chi connectivity index (χ4v) is 2.77. The summed E-state index contributed by atoms with van der Waals surface area (Å²) in [6.07, 6.45) is 4.09. The van der Waals surface area contributed by atoms with Gasteiger partial charge in [0.25, 0.3) is 0 Å². The SMILES string of the molecule is C=CCC(NC(=O)C=C(C)C)(c1ccccc1)c1ccccc1. The van der Waals surface area contributed by atoms with E-state index in [9.17, 15) is 4.79 Å². The van der Waals surface area contributed by atoms with E-state index < -0.39 is 5.54 Å². The van der Waals surface area contributed by atoms with Crippen LogP contribution < -0.4 is 5.32 Å². The number of carbonyl (C=O) groups excluding carboxylic acids is 1. The maximum atomic E-state index is 12.5. The molecular formula is C21H23NO. The smallest absolute Gasteiger partial charge is 0.244 e. The maximum absolute atomic E-state index is 12.5. The summed E-state index contributed by atoms with van der Waals surface area (Å²) >= 11 is 0. The van der Waals surface area contributed by atoms with Crippen LogP contribution in [0.1, 0.15) is 31.4 Å². The molecule has 0 aliphatic heterocycles. The second kappa shape index (κ2) is 7.59. The van der Waals surface area contributed by atoms with Crippen molar-refractivity contribution in [3.8, 4) is 0 Å². The van der Waals surface area contributed by atoms with Gasteiger partial charge in [-0.25, -0.2) is 0 Å². The van der Waals surface area contributed by atoms with Crippen LogP contribution in [0.25, 0.3) is 0 Å². The third-order valence-corrected chi connectivity index (χ3v) is 3.74. The molecule has 0 bridgehead atoms. The number of allylic oxidation sites excluding steroid dienone is 1. The molecule has 2 aromatic rings. The van der Waals surface area contributed by atoms with Crippen LogP contribution in [0.4, 0.5) is 0 Å². The van der Waals surface area contributed by atoms with Crippen molar-refractivity contribution in [1.29, 1.82) is 0 Å². The van der Waals surface area contributed by atoms with Crippen molar-refractivity contribution < 1.29 is 4.79 Å². The second-order valence-corrected chi connectivity index (χ2v) is 5.84. The lowest BCUT2D eigenvalue weighted by molar-refractivity contribution is -0.118. The van der Waals surface area contributed by atoms with Gasteiger partial charge in [0.1, 0.15) is 0 Å². The van der Waals surface area contributed by atoms with Gasteiger partial charge in [0.15, 0.2) is 0 Å². The largest absolute Gasteiger partial charge is 0.339 e. The number of rotatable bonds is 6. The van der Waals surface area contributed by atoms with E-state index in [1.807, 2.05) is 80.6 Å². The number of benzene rings is 2. The standard InChI is InChI=1S/C21H23NO/c1-4-15-21(18-11-7-5-8-12-18,19-13-9-6-10-14-19)22-20(23)16-17(2)3/h4-14,16H,1,15H2,2-3H3,(H,22,23). The van der Waals surface area contributed by atoms with E-state index in [0.717, 1.165) is 16.7 Å². The quantitative estimate of drug-likeness (QED) is 0.614. The van der Waals surface area contributed by atoms with Gasteiger partial charge in [-0.3, -0.25) is 4.79 Å². The highest BCUT2D eigenvalue weighted by atomic mass is 16.1. The first-order valence-electron chi connectivity index (χ1n) is 7.77. The molecular weight excluding hydrogens is 282 g/mol. The predicted molar refractivity (Wildman–Crippen MR) is 96.1 cm³/mol. The van der Waals surface area contributed by atoms with Crippen molar-refractivity contribution in [2.75, 3.05) is 0 Å². The van der Waals surface area contributed by atoms with Crippen molar-refractivity contribution in [1.82, 2.24) is 5.32 Å². The van der Waals surface area contributed by atoms with Gasteiger partial charge in [-0.15, -0.1) is 6.58 Å². The molecule has 2 nitrogen and oxygen atoms in total. The van der Waals surface area contributed by atoms with E-state index in [0.29, 0.717) is 6.42 Å². The first-order chi connectivity index (χ1) is 11.1. The monoisotopic (exact) mass is 305 g/mol. The summed E-state index contributed by atoms with van der Waals surface area (Å²) in [5, 5.41) is 3.21. The Balaban J connectivity index is 2.58. The molecule has 2 heteroatoms. The van der Waals surface area contributed by atoms with Gasteiger partial charge in [-0.1, -0.05) is 72.3 Å². The number of carbonyl (C=O) groups is 1. The van der Waals surface area contributed by atoms with Gasteiger partial charge in [0.05, 0.1) is 5.54 Å². The Morgan fingerprint density at radius 1 is 1.00 bits per heavy atom. The lowest BCUT2D eigenvalue weighted by Crippen LogP contribution is -2.46. The van der Waals surface area contributed by atoms with Gasteiger partial charge >= 0.3 is 0 Å². The molecule has 23 heavy (non-hydrogen) atoms. The van der Waals surface area contributed by atoms with Crippen LogP contribution in [0.5, 0.6) is 0 Å². The predicted octanol–water partition coefficient (Wildman–Crippen LogP) is 4.59. The molecule has 0 radical (unpaired) electrons. The third-order valence-electron chi connectivity index (χ3n) is 3.74. The molecule has 0 aliphatic rings. The molecule has 0 aromatic heterocycles. The highest BCUT2D eigenvalue weighted by molar-refractivity contribution is 5.89. The topological polar surface area (TPSA) is 29.1 Å². The fourth-order valence-electron chi connectivity index (χ4n) is 2.77. The molecule has 0 aliphatic carbocycles. The molecule has 118 valence electrons. The lowest BCUT2D eigenvalue weighted by Gasteiger charge is -2.35. The van der Waals surface area contributed by atoms with Crippen LogP contribution in [0.2, 0.25) is 0 Å². The van der Waals surface area contributed by atoms with Gasteiger partial charge in [-0.05, 0) is 31.4 Å². The van der Waals surface area contributed by atoms with Crippen LogP contribution in [-0.4, -0.2) is 5.91 Å². The molecule has 0 saturated carbocycles. The van der Waals surface area contributed by atoms with Crippen molar-refractivity contribution in [2.45, 2.75) is 25.8 Å². The average molecular weight is 305 g/mol. The first-order valence-corrected chi connectivity index (χ1v) is 7.77. The molecule has 0 saturated heterocycles. The molecule has 0 atom stereocenters. The zero-order chi connectivity index (χ0) is 16.7. The van der Waals surface area contributed by atoms with Crippen molar-refractivity contribution >= 4 is 5.91 Å². The van der Waals surface area contributed by atoms with Crippen LogP contribution in [0, 0.1) is 0 Å². The summed E-state index contributed by atoms with van der Waals surface area (Å²) in [6.45, 7) is 7.73. The minimum Gasteiger partial charge on any atom is -0.339 e. The maximum Gasteiger partial charge on any atom is 0.244 e. The Hall–Kier alpha value is -2.61. The number of amides is 1. The highest BCUT2D eigenvalue weighted by Crippen LogP contribution is 2.33. The molecule has 2 rings (SSSR count). The summed E-state index contributed by atoms with van der Waals surface area (Å²) in [5.74, 6) is -0.0976. The van der Waals surface area contributed by atoms with Crippen LogP contribution in [0.3, 0.4) is 0 Å². The van der Waals surface area contributed by atoms with Crippen molar-refractivity contribution in [3.63, 3.8) is 0 Å². The summed E-state index contributed by atoms with van der Waals surface area (Å²) in [6, 6.07) is 20.1. The Kier molecular flexibility index (Phi) is 5.53. The summed E-state index contributed by atoms with van der Waals surface area (Å²) < 4.78 is 0. The van der Waals surface area contributed by atoms with Crippen LogP contribution in [-0.2, 0) is 10.3 Å². The molecule has 0 spiro atoms. The van der Waals surface area contributed by atoms with Crippen LogP contribution >= 0.6 is 0 Å².